The molecule has 0 aliphatic carbocycles. The second kappa shape index (κ2) is 12.2. The first kappa shape index (κ1) is 25.2. The number of amides is 2. The maximum atomic E-state index is 13.8. The highest BCUT2D eigenvalue weighted by Gasteiger charge is 2.30. The van der Waals surface area contributed by atoms with Crippen molar-refractivity contribution in [3.63, 3.8) is 0 Å². The van der Waals surface area contributed by atoms with Crippen LogP contribution in [-0.4, -0.2) is 28.8 Å². The van der Waals surface area contributed by atoms with Crippen LogP contribution in [0.4, 0.5) is 0 Å². The summed E-state index contributed by atoms with van der Waals surface area (Å²) < 4.78 is 0. The number of carbonyl (C=O) groups excluding carboxylic acids is 2. The maximum absolute atomic E-state index is 13.8. The molecule has 1 atom stereocenters. The van der Waals surface area contributed by atoms with Crippen molar-refractivity contribution in [3.05, 3.63) is 120 Å². The van der Waals surface area contributed by atoms with E-state index in [1.54, 1.807) is 4.90 Å². The third kappa shape index (κ3) is 6.60. The van der Waals surface area contributed by atoms with Crippen LogP contribution in [0.5, 0.6) is 0 Å². The van der Waals surface area contributed by atoms with Crippen LogP contribution in [0.25, 0.3) is 10.8 Å². The van der Waals surface area contributed by atoms with Crippen LogP contribution in [-0.2, 0) is 29.0 Å². The number of fused-ring (bicyclic) bond motifs is 1. The monoisotopic (exact) mass is 478 g/mol. The van der Waals surface area contributed by atoms with Crippen molar-refractivity contribution in [2.75, 3.05) is 0 Å². The van der Waals surface area contributed by atoms with Gasteiger partial charge in [0, 0.05) is 25.4 Å². The molecule has 4 aromatic carbocycles. The van der Waals surface area contributed by atoms with Gasteiger partial charge in [0.05, 0.1) is 0 Å². The van der Waals surface area contributed by atoms with E-state index in [-0.39, 0.29) is 17.9 Å². The SMILES string of the molecule is CC(C)NC(=O)[C@@H](Cc1ccccc1)N(Cc1ccccc1)C(=O)CCc1cccc2ccccc12. The average molecular weight is 479 g/mol. The number of aryl methyl sites for hydroxylation is 1. The third-order valence-electron chi connectivity index (χ3n) is 6.39. The zero-order chi connectivity index (χ0) is 25.3. The Kier molecular flexibility index (Phi) is 8.51. The predicted molar refractivity (Wildman–Crippen MR) is 146 cm³/mol. The van der Waals surface area contributed by atoms with E-state index in [2.05, 4.69) is 29.6 Å². The standard InChI is InChI=1S/C32H34N2O2/c1-24(2)33-32(36)30(22-25-12-5-3-6-13-25)34(23-26-14-7-4-8-15-26)31(35)21-20-28-18-11-17-27-16-9-10-19-29(27)28/h3-19,24,30H,20-23H2,1-2H3,(H,33,36)/t30-/m1/s1. The van der Waals surface area contributed by atoms with Gasteiger partial charge in [-0.05, 0) is 47.7 Å². The van der Waals surface area contributed by atoms with Crippen molar-refractivity contribution in [2.45, 2.75) is 51.7 Å². The van der Waals surface area contributed by atoms with Crippen LogP contribution in [0.15, 0.2) is 103 Å². The summed E-state index contributed by atoms with van der Waals surface area (Å²) >= 11 is 0. The van der Waals surface area contributed by atoms with E-state index >= 15 is 0 Å². The second-order valence-corrected chi connectivity index (χ2v) is 9.51. The van der Waals surface area contributed by atoms with E-state index in [0.29, 0.717) is 25.8 Å². The quantitative estimate of drug-likeness (QED) is 0.307. The molecule has 4 nitrogen and oxygen atoms in total. The van der Waals surface area contributed by atoms with E-state index < -0.39 is 6.04 Å². The molecule has 0 heterocycles. The number of rotatable bonds is 10. The lowest BCUT2D eigenvalue weighted by atomic mass is 9.99. The summed E-state index contributed by atoms with van der Waals surface area (Å²) in [4.78, 5) is 29.0. The molecule has 0 fully saturated rings. The Labute approximate surface area is 214 Å². The molecule has 36 heavy (non-hydrogen) atoms. The van der Waals surface area contributed by atoms with Gasteiger partial charge in [-0.2, -0.15) is 0 Å². The molecule has 0 spiro atoms. The number of carbonyl (C=O) groups is 2. The van der Waals surface area contributed by atoms with Gasteiger partial charge in [-0.1, -0.05) is 103 Å². The molecule has 0 saturated heterocycles. The van der Waals surface area contributed by atoms with Gasteiger partial charge < -0.3 is 10.2 Å². The lowest BCUT2D eigenvalue weighted by Gasteiger charge is -2.32. The average Bonchev–Trinajstić information content (AvgIpc) is 2.90. The van der Waals surface area contributed by atoms with Crippen molar-refractivity contribution >= 4 is 22.6 Å². The van der Waals surface area contributed by atoms with Crippen molar-refractivity contribution in [2.24, 2.45) is 0 Å². The van der Waals surface area contributed by atoms with Crippen LogP contribution in [0.1, 0.15) is 37.0 Å². The largest absolute Gasteiger partial charge is 0.352 e. The van der Waals surface area contributed by atoms with Crippen LogP contribution >= 0.6 is 0 Å². The summed E-state index contributed by atoms with van der Waals surface area (Å²) in [6, 6.07) is 33.7. The molecule has 0 radical (unpaired) electrons. The normalized spacial score (nSPS) is 11.9. The smallest absolute Gasteiger partial charge is 0.243 e. The molecule has 0 aliphatic rings. The van der Waals surface area contributed by atoms with E-state index in [4.69, 9.17) is 0 Å². The van der Waals surface area contributed by atoms with Gasteiger partial charge in [-0.25, -0.2) is 0 Å². The zero-order valence-corrected chi connectivity index (χ0v) is 21.1. The Morgan fingerprint density at radius 3 is 2.06 bits per heavy atom. The van der Waals surface area contributed by atoms with Gasteiger partial charge in [0.25, 0.3) is 0 Å². The van der Waals surface area contributed by atoms with Gasteiger partial charge in [-0.15, -0.1) is 0 Å². The maximum Gasteiger partial charge on any atom is 0.243 e. The number of nitrogens with one attached hydrogen (secondary N) is 1. The minimum absolute atomic E-state index is 0.0138. The fraction of sp³-hybridized carbons (Fsp3) is 0.250. The Hall–Kier alpha value is -3.92. The molecule has 4 heteroatoms. The lowest BCUT2D eigenvalue weighted by molar-refractivity contribution is -0.141. The third-order valence-corrected chi connectivity index (χ3v) is 6.39. The topological polar surface area (TPSA) is 49.4 Å². The Balaban J connectivity index is 1.63. The van der Waals surface area contributed by atoms with E-state index in [1.807, 2.05) is 92.7 Å². The highest BCUT2D eigenvalue weighted by Crippen LogP contribution is 2.21. The highest BCUT2D eigenvalue weighted by atomic mass is 16.2. The molecule has 184 valence electrons. The summed E-state index contributed by atoms with van der Waals surface area (Å²) in [5.41, 5.74) is 3.18. The van der Waals surface area contributed by atoms with Crippen LogP contribution in [0.3, 0.4) is 0 Å². The number of hydrogen-bond acceptors (Lipinski definition) is 2. The van der Waals surface area contributed by atoms with E-state index in [9.17, 15) is 9.59 Å². The van der Waals surface area contributed by atoms with Crippen molar-refractivity contribution in [1.29, 1.82) is 0 Å². The molecule has 2 amide bonds. The number of benzene rings is 4. The molecular formula is C32H34N2O2. The zero-order valence-electron chi connectivity index (χ0n) is 21.1. The fourth-order valence-electron chi connectivity index (χ4n) is 4.61. The molecular weight excluding hydrogens is 444 g/mol. The van der Waals surface area contributed by atoms with E-state index in [0.717, 1.165) is 16.7 Å². The molecule has 0 aromatic heterocycles. The van der Waals surface area contributed by atoms with Crippen LogP contribution in [0.2, 0.25) is 0 Å². The van der Waals surface area contributed by atoms with Crippen molar-refractivity contribution < 1.29 is 9.59 Å². The fourth-order valence-corrected chi connectivity index (χ4v) is 4.61. The van der Waals surface area contributed by atoms with Gasteiger partial charge in [0.2, 0.25) is 11.8 Å². The summed E-state index contributed by atoms with van der Waals surface area (Å²) in [7, 11) is 0. The van der Waals surface area contributed by atoms with Gasteiger partial charge >= 0.3 is 0 Å². The molecule has 4 aromatic rings. The molecule has 1 N–H and O–H groups in total. The van der Waals surface area contributed by atoms with Gasteiger partial charge in [0.15, 0.2) is 0 Å². The summed E-state index contributed by atoms with van der Waals surface area (Å²) in [5.74, 6) is -0.144. The first-order valence-electron chi connectivity index (χ1n) is 12.7. The summed E-state index contributed by atoms with van der Waals surface area (Å²) in [5, 5.41) is 5.39. The minimum Gasteiger partial charge on any atom is -0.352 e. The Morgan fingerprint density at radius 2 is 1.36 bits per heavy atom. The second-order valence-electron chi connectivity index (χ2n) is 9.51. The van der Waals surface area contributed by atoms with Crippen LogP contribution < -0.4 is 5.32 Å². The van der Waals surface area contributed by atoms with Gasteiger partial charge in [-0.3, -0.25) is 9.59 Å². The summed E-state index contributed by atoms with van der Waals surface area (Å²) in [6.07, 6.45) is 1.42. The molecule has 0 aliphatic heterocycles. The van der Waals surface area contributed by atoms with Gasteiger partial charge in [0.1, 0.15) is 6.04 Å². The first-order valence-corrected chi connectivity index (χ1v) is 12.7. The van der Waals surface area contributed by atoms with Crippen molar-refractivity contribution in [1.82, 2.24) is 10.2 Å². The predicted octanol–water partition coefficient (Wildman–Crippen LogP) is 5.94. The van der Waals surface area contributed by atoms with E-state index in [1.165, 1.54) is 10.8 Å². The molecule has 0 saturated carbocycles. The Morgan fingerprint density at radius 1 is 0.750 bits per heavy atom. The number of nitrogens with zero attached hydrogens (tertiary/aromatic N) is 1. The lowest BCUT2D eigenvalue weighted by Crippen LogP contribution is -2.51. The number of hydrogen-bond donors (Lipinski definition) is 1. The Bertz CT molecular complexity index is 1280. The first-order chi connectivity index (χ1) is 17.5. The summed E-state index contributed by atoms with van der Waals surface area (Å²) in [6.45, 7) is 4.28. The molecule has 0 unspecified atom stereocenters. The van der Waals surface area contributed by atoms with Crippen molar-refractivity contribution in [3.8, 4) is 0 Å². The van der Waals surface area contributed by atoms with Crippen LogP contribution in [0, 0.1) is 0 Å². The highest BCUT2D eigenvalue weighted by molar-refractivity contribution is 5.89. The molecule has 4 rings (SSSR count). The minimum atomic E-state index is -0.602. The molecule has 0 bridgehead atoms.